The van der Waals surface area contributed by atoms with E-state index in [0.29, 0.717) is 12.2 Å². The highest BCUT2D eigenvalue weighted by atomic mass is 16.2. The molecule has 0 saturated carbocycles. The standard InChI is InChI=1S/C52H34N2O/c55-51-32-46(39-17-11-14-34(29-39)33-12-2-1-3-13-33)48-31-38(25-27-45(48)52-53-49-22-8-9-23-50(49)54(51)52)36-16-10-15-35(28-36)37-24-26-44-42-20-5-4-18-40(42)41-19-6-7-21-43(41)47(44)30-37/h1-31,46H,32H2. The molecule has 55 heavy (non-hydrogen) atoms. The fraction of sp³-hybridized carbons (Fsp3) is 0.0385. The molecule has 0 N–H and O–H groups in total. The number of aromatic nitrogens is 2. The van der Waals surface area contributed by atoms with Crippen molar-refractivity contribution in [2.45, 2.75) is 12.3 Å². The third-order valence-electron chi connectivity index (χ3n) is 11.5. The Bertz CT molecular complexity index is 3120. The number of imidazole rings is 1. The van der Waals surface area contributed by atoms with Crippen LogP contribution in [0.25, 0.3) is 88.1 Å². The molecular formula is C52H34N2O. The van der Waals surface area contributed by atoms with E-state index in [9.17, 15) is 4.79 Å². The maximum absolute atomic E-state index is 14.3. The molecule has 1 aliphatic heterocycles. The van der Waals surface area contributed by atoms with Crippen molar-refractivity contribution < 1.29 is 4.79 Å². The fourth-order valence-electron chi connectivity index (χ4n) is 8.90. The second-order valence-corrected chi connectivity index (χ2v) is 14.6. The monoisotopic (exact) mass is 702 g/mol. The van der Waals surface area contributed by atoms with Gasteiger partial charge in [0.1, 0.15) is 5.82 Å². The number of para-hydroxylation sites is 2. The molecule has 0 fully saturated rings. The van der Waals surface area contributed by atoms with Crippen molar-refractivity contribution in [2.24, 2.45) is 0 Å². The first-order chi connectivity index (χ1) is 27.2. The molecule has 0 bridgehead atoms. The minimum absolute atomic E-state index is 0.0511. The average molecular weight is 703 g/mol. The molecule has 1 aromatic heterocycles. The Balaban J connectivity index is 1.07. The molecule has 2 heterocycles. The summed E-state index contributed by atoms with van der Waals surface area (Å²) in [5.41, 5.74) is 11.8. The highest BCUT2D eigenvalue weighted by Gasteiger charge is 2.31. The summed E-state index contributed by atoms with van der Waals surface area (Å²) in [6.45, 7) is 0. The van der Waals surface area contributed by atoms with Gasteiger partial charge in [0.05, 0.1) is 11.0 Å². The number of carbonyl (C=O) groups is 1. The van der Waals surface area contributed by atoms with Gasteiger partial charge < -0.3 is 0 Å². The molecule has 3 nitrogen and oxygen atoms in total. The molecular weight excluding hydrogens is 669 g/mol. The summed E-state index contributed by atoms with van der Waals surface area (Å²) < 4.78 is 1.84. The Labute approximate surface area is 318 Å². The van der Waals surface area contributed by atoms with Crippen LogP contribution in [0.5, 0.6) is 0 Å². The first-order valence-corrected chi connectivity index (χ1v) is 18.9. The van der Waals surface area contributed by atoms with Gasteiger partial charge in [0.15, 0.2) is 0 Å². The number of nitrogens with zero attached hydrogens (tertiary/aromatic N) is 2. The van der Waals surface area contributed by atoms with Crippen LogP contribution >= 0.6 is 0 Å². The first-order valence-electron chi connectivity index (χ1n) is 18.9. The number of rotatable bonds is 4. The normalized spacial score (nSPS) is 14.0. The van der Waals surface area contributed by atoms with E-state index in [4.69, 9.17) is 4.98 Å². The Morgan fingerprint density at radius 2 is 0.982 bits per heavy atom. The smallest absolute Gasteiger partial charge is 0.233 e. The predicted octanol–water partition coefficient (Wildman–Crippen LogP) is 13.3. The van der Waals surface area contributed by atoms with Crippen LogP contribution in [0.4, 0.5) is 0 Å². The first kappa shape index (κ1) is 31.4. The van der Waals surface area contributed by atoms with Gasteiger partial charge >= 0.3 is 0 Å². The summed E-state index contributed by atoms with van der Waals surface area (Å²) in [5.74, 6) is 0.604. The molecule has 0 radical (unpaired) electrons. The number of hydrogen-bond donors (Lipinski definition) is 0. The zero-order chi connectivity index (χ0) is 36.5. The Morgan fingerprint density at radius 3 is 1.73 bits per heavy atom. The van der Waals surface area contributed by atoms with Crippen LogP contribution in [0, 0.1) is 0 Å². The Hall–Kier alpha value is -7.10. The van der Waals surface area contributed by atoms with E-state index in [1.807, 2.05) is 34.9 Å². The number of benzene rings is 9. The van der Waals surface area contributed by atoms with Crippen LogP contribution in [0.1, 0.15) is 28.3 Å². The van der Waals surface area contributed by atoms with Crippen LogP contribution in [0.2, 0.25) is 0 Å². The summed E-state index contributed by atoms with van der Waals surface area (Å²) in [6.07, 6.45) is 0.335. The van der Waals surface area contributed by atoms with Crippen molar-refractivity contribution in [3.05, 3.63) is 199 Å². The molecule has 1 atom stereocenters. The Morgan fingerprint density at radius 1 is 0.436 bits per heavy atom. The minimum atomic E-state index is -0.154. The quantitative estimate of drug-likeness (QED) is 0.171. The highest BCUT2D eigenvalue weighted by molar-refractivity contribution is 6.25. The van der Waals surface area contributed by atoms with Gasteiger partial charge in [-0.15, -0.1) is 0 Å². The second-order valence-electron chi connectivity index (χ2n) is 14.6. The molecule has 258 valence electrons. The molecule has 3 heteroatoms. The topological polar surface area (TPSA) is 34.9 Å². The largest absolute Gasteiger partial charge is 0.274 e. The second kappa shape index (κ2) is 12.5. The fourth-order valence-corrected chi connectivity index (χ4v) is 8.90. The van der Waals surface area contributed by atoms with Crippen molar-refractivity contribution in [3.63, 3.8) is 0 Å². The lowest BCUT2D eigenvalue weighted by Crippen LogP contribution is -2.13. The van der Waals surface area contributed by atoms with Gasteiger partial charge in [-0.2, -0.15) is 0 Å². The predicted molar refractivity (Wildman–Crippen MR) is 228 cm³/mol. The number of hydrogen-bond acceptors (Lipinski definition) is 2. The molecule has 0 aliphatic carbocycles. The van der Waals surface area contributed by atoms with Gasteiger partial charge in [0.2, 0.25) is 5.91 Å². The molecule has 11 rings (SSSR count). The van der Waals surface area contributed by atoms with Gasteiger partial charge in [-0.05, 0) is 107 Å². The molecule has 10 aromatic rings. The summed E-state index contributed by atoms with van der Waals surface area (Å²) >= 11 is 0. The van der Waals surface area contributed by atoms with Gasteiger partial charge in [-0.25, -0.2) is 4.98 Å². The minimum Gasteiger partial charge on any atom is -0.274 e. The van der Waals surface area contributed by atoms with Crippen LogP contribution in [0.15, 0.2) is 188 Å². The van der Waals surface area contributed by atoms with Crippen molar-refractivity contribution in [2.75, 3.05) is 0 Å². The van der Waals surface area contributed by atoms with E-state index >= 15 is 0 Å². The van der Waals surface area contributed by atoms with Crippen LogP contribution in [-0.2, 0) is 0 Å². The van der Waals surface area contributed by atoms with Gasteiger partial charge in [0, 0.05) is 17.9 Å². The van der Waals surface area contributed by atoms with Crippen LogP contribution in [-0.4, -0.2) is 15.5 Å². The maximum Gasteiger partial charge on any atom is 0.233 e. The van der Waals surface area contributed by atoms with Crippen molar-refractivity contribution in [3.8, 4) is 44.8 Å². The molecule has 1 aliphatic rings. The van der Waals surface area contributed by atoms with Crippen LogP contribution in [0.3, 0.4) is 0 Å². The van der Waals surface area contributed by atoms with Crippen LogP contribution < -0.4 is 0 Å². The maximum atomic E-state index is 14.3. The van der Waals surface area contributed by atoms with Gasteiger partial charge in [-0.1, -0.05) is 158 Å². The summed E-state index contributed by atoms with van der Waals surface area (Å²) in [7, 11) is 0. The van der Waals surface area contributed by atoms with Crippen molar-refractivity contribution >= 4 is 49.3 Å². The summed E-state index contributed by atoms with van der Waals surface area (Å²) in [6, 6.07) is 66.9. The molecule has 0 saturated heterocycles. The highest BCUT2D eigenvalue weighted by Crippen LogP contribution is 2.43. The lowest BCUT2D eigenvalue weighted by atomic mass is 9.83. The van der Waals surface area contributed by atoms with E-state index in [0.717, 1.165) is 55.5 Å². The van der Waals surface area contributed by atoms with Gasteiger partial charge in [0.25, 0.3) is 0 Å². The SMILES string of the molecule is O=C1CC(c2cccc(-c3ccccc3)c2)c2cc(-c3cccc(-c4ccc5c6ccccc6c6ccccc6c5c4)c3)ccc2-c2nc3ccccc3n21. The lowest BCUT2D eigenvalue weighted by Gasteiger charge is -2.20. The molecule has 1 unspecified atom stereocenters. The zero-order valence-electron chi connectivity index (χ0n) is 30.0. The lowest BCUT2D eigenvalue weighted by molar-refractivity contribution is 0.0906. The zero-order valence-corrected chi connectivity index (χ0v) is 30.0. The summed E-state index contributed by atoms with van der Waals surface area (Å²) in [5, 5.41) is 7.63. The molecule has 0 amide bonds. The van der Waals surface area contributed by atoms with Crippen molar-refractivity contribution in [1.29, 1.82) is 0 Å². The average Bonchev–Trinajstić information content (AvgIpc) is 3.60. The van der Waals surface area contributed by atoms with Crippen molar-refractivity contribution in [1.82, 2.24) is 9.55 Å². The third-order valence-corrected chi connectivity index (χ3v) is 11.5. The van der Waals surface area contributed by atoms with E-state index in [1.165, 1.54) is 37.9 Å². The number of carbonyl (C=O) groups excluding carboxylic acids is 1. The Kier molecular flexibility index (Phi) is 7.14. The van der Waals surface area contributed by atoms with E-state index in [-0.39, 0.29) is 11.8 Å². The molecule has 9 aromatic carbocycles. The van der Waals surface area contributed by atoms with E-state index in [2.05, 4.69) is 158 Å². The number of fused-ring (bicyclic) bond motifs is 11. The third kappa shape index (κ3) is 5.12. The van der Waals surface area contributed by atoms with E-state index in [1.54, 1.807) is 0 Å². The van der Waals surface area contributed by atoms with E-state index < -0.39 is 0 Å². The summed E-state index contributed by atoms with van der Waals surface area (Å²) in [4.78, 5) is 19.4. The van der Waals surface area contributed by atoms with Gasteiger partial charge in [-0.3, -0.25) is 9.36 Å². The molecule has 0 spiro atoms.